The van der Waals surface area contributed by atoms with E-state index in [0.717, 1.165) is 0 Å². The molecule has 0 bridgehead atoms. The monoisotopic (exact) mass is 735 g/mol. The maximum absolute atomic E-state index is 13.5. The average molecular weight is 736 g/mol. The van der Waals surface area contributed by atoms with Gasteiger partial charge in [-0.2, -0.15) is 11.8 Å². The number of carbonyl (C=O) groups is 5. The summed E-state index contributed by atoms with van der Waals surface area (Å²) in [7, 11) is 0. The van der Waals surface area contributed by atoms with Gasteiger partial charge >= 0.3 is 5.97 Å². The Morgan fingerprint density at radius 2 is 1.45 bits per heavy atom. The number of hydrogen-bond donors (Lipinski definition) is 10. The van der Waals surface area contributed by atoms with Crippen LogP contribution in [0, 0.1) is 0 Å². The third-order valence-corrected chi connectivity index (χ3v) is 8.46. The van der Waals surface area contributed by atoms with Crippen LogP contribution in [0.4, 0.5) is 0 Å². The lowest BCUT2D eigenvalue weighted by atomic mass is 9.99. The molecule has 0 aromatic heterocycles. The van der Waals surface area contributed by atoms with Gasteiger partial charge in [0.25, 0.3) is 0 Å². The van der Waals surface area contributed by atoms with Crippen molar-refractivity contribution in [3.05, 3.63) is 65.7 Å². The minimum absolute atomic E-state index is 0.0197. The van der Waals surface area contributed by atoms with E-state index in [1.54, 1.807) is 48.7 Å². The van der Waals surface area contributed by atoms with Gasteiger partial charge in [-0.3, -0.25) is 19.2 Å². The van der Waals surface area contributed by atoms with E-state index < -0.39 is 98.1 Å². The minimum Gasteiger partial charge on any atom is -0.508 e. The molecule has 0 radical (unpaired) electrons. The summed E-state index contributed by atoms with van der Waals surface area (Å²) >= 11 is 1.39. The second kappa shape index (κ2) is 20.5. The van der Waals surface area contributed by atoms with Crippen molar-refractivity contribution in [2.24, 2.45) is 5.73 Å². The van der Waals surface area contributed by atoms with Crippen LogP contribution in [0.15, 0.2) is 54.6 Å². The minimum atomic E-state index is -1.83. The van der Waals surface area contributed by atoms with E-state index in [-0.39, 0.29) is 25.0 Å². The lowest BCUT2D eigenvalue weighted by Crippen LogP contribution is -2.59. The number of esters is 1. The van der Waals surface area contributed by atoms with Crippen LogP contribution >= 0.6 is 11.8 Å². The summed E-state index contributed by atoms with van der Waals surface area (Å²) in [5, 5.41) is 58.8. The first-order valence-corrected chi connectivity index (χ1v) is 17.4. The Labute approximate surface area is 298 Å². The molecule has 11 N–H and O–H groups in total. The topological polar surface area (TPSA) is 279 Å². The van der Waals surface area contributed by atoms with Crippen LogP contribution in [0.25, 0.3) is 0 Å². The Balaban J connectivity index is 1.56. The predicted octanol–water partition coefficient (Wildman–Crippen LogP) is -3.20. The van der Waals surface area contributed by atoms with Crippen LogP contribution in [0.1, 0.15) is 17.5 Å². The van der Waals surface area contributed by atoms with Crippen molar-refractivity contribution < 1.29 is 59.0 Å². The van der Waals surface area contributed by atoms with Gasteiger partial charge in [-0.1, -0.05) is 42.5 Å². The smallest absolute Gasteiger partial charge is 0.328 e. The summed E-state index contributed by atoms with van der Waals surface area (Å²) in [6.07, 6.45) is -6.30. The molecule has 0 aliphatic carbocycles. The first kappa shape index (κ1) is 41.1. The highest BCUT2D eigenvalue weighted by Crippen LogP contribution is 2.20. The Morgan fingerprint density at radius 1 is 0.804 bits per heavy atom. The number of thioether (sulfide) groups is 1. The van der Waals surface area contributed by atoms with Gasteiger partial charge in [0.05, 0.1) is 19.1 Å². The van der Waals surface area contributed by atoms with E-state index in [4.69, 9.17) is 15.2 Å². The van der Waals surface area contributed by atoms with Gasteiger partial charge in [0.1, 0.15) is 48.9 Å². The third kappa shape index (κ3) is 13.4. The second-order valence-corrected chi connectivity index (χ2v) is 12.8. The standard InChI is InChI=1S/C33H45N5O12S/c1-51-12-11-22(32(47)49-17-24-27(42)28(43)29(44)33(48)50-24)38-31(46)23(14-18-5-3-2-4-6-18)37-26(41)16-35-25(40)15-36-30(45)21(34)13-19-7-9-20(39)10-8-19/h2-10,21-24,27-29,33,39,42-44,48H,11-17,34H2,1H3,(H,35,40)(H,36,45)(H,37,41)(H,38,46)/t21-,22-,23-,24+,27+,28-,29+,33+/m0/s1. The average Bonchev–Trinajstić information content (AvgIpc) is 3.12. The summed E-state index contributed by atoms with van der Waals surface area (Å²) in [6, 6.07) is 11.5. The van der Waals surface area contributed by atoms with Crippen molar-refractivity contribution >= 4 is 41.4 Å². The number of nitrogens with one attached hydrogen (secondary N) is 4. The van der Waals surface area contributed by atoms with E-state index >= 15 is 0 Å². The molecule has 8 atom stereocenters. The van der Waals surface area contributed by atoms with Crippen molar-refractivity contribution in [2.75, 3.05) is 31.7 Å². The van der Waals surface area contributed by atoms with Crippen LogP contribution in [0.5, 0.6) is 5.75 Å². The quantitative estimate of drug-likeness (QED) is 0.0676. The maximum Gasteiger partial charge on any atom is 0.328 e. The molecule has 1 fully saturated rings. The number of benzene rings is 2. The second-order valence-electron chi connectivity index (χ2n) is 11.8. The number of aliphatic hydroxyl groups is 4. The van der Waals surface area contributed by atoms with E-state index in [1.807, 2.05) is 0 Å². The highest BCUT2D eigenvalue weighted by atomic mass is 32.2. The molecular formula is C33H45N5O12S. The van der Waals surface area contributed by atoms with Gasteiger partial charge in [0.15, 0.2) is 6.29 Å². The molecule has 280 valence electrons. The fraction of sp³-hybridized carbons (Fsp3) is 0.485. The van der Waals surface area contributed by atoms with Gasteiger partial charge < -0.3 is 62.0 Å². The number of hydrogen-bond acceptors (Lipinski definition) is 14. The van der Waals surface area contributed by atoms with Crippen LogP contribution in [-0.4, -0.2) is 136 Å². The number of carbonyl (C=O) groups excluding carboxylic acids is 5. The van der Waals surface area contributed by atoms with E-state index in [9.17, 15) is 49.5 Å². The molecule has 51 heavy (non-hydrogen) atoms. The van der Waals surface area contributed by atoms with E-state index in [2.05, 4.69) is 21.3 Å². The highest BCUT2D eigenvalue weighted by molar-refractivity contribution is 7.98. The first-order valence-electron chi connectivity index (χ1n) is 16.0. The SMILES string of the molecule is CSCC[C@H](NC(=O)[C@H](Cc1ccccc1)NC(=O)CNC(=O)CNC(=O)[C@@H](N)Cc1ccc(O)cc1)C(=O)OC[C@H]1O[C@@H](O)[C@H](O)[C@@H](O)[C@@H]1O. The molecule has 1 aliphatic rings. The number of phenolic OH excluding ortho intramolecular Hbond substituents is 1. The normalized spacial score (nSPS) is 21.7. The van der Waals surface area contributed by atoms with Crippen LogP contribution in [0.3, 0.4) is 0 Å². The molecule has 18 heteroatoms. The van der Waals surface area contributed by atoms with Gasteiger partial charge in [-0.15, -0.1) is 0 Å². The lowest BCUT2D eigenvalue weighted by Gasteiger charge is -2.38. The Morgan fingerprint density at radius 3 is 2.12 bits per heavy atom. The molecule has 1 heterocycles. The third-order valence-electron chi connectivity index (χ3n) is 7.82. The van der Waals surface area contributed by atoms with Crippen LogP contribution in [0.2, 0.25) is 0 Å². The largest absolute Gasteiger partial charge is 0.508 e. The zero-order valence-corrected chi connectivity index (χ0v) is 28.7. The molecule has 17 nitrogen and oxygen atoms in total. The molecule has 0 unspecified atom stereocenters. The van der Waals surface area contributed by atoms with Crippen LogP contribution < -0.4 is 27.0 Å². The number of nitrogens with two attached hydrogens (primary N) is 1. The molecule has 1 aliphatic heterocycles. The summed E-state index contributed by atoms with van der Waals surface area (Å²) < 4.78 is 10.3. The number of aromatic hydroxyl groups is 1. The lowest BCUT2D eigenvalue weighted by molar-refractivity contribution is -0.287. The number of aliphatic hydroxyl groups excluding tert-OH is 4. The van der Waals surface area contributed by atoms with E-state index in [0.29, 0.717) is 16.9 Å². The maximum atomic E-state index is 13.5. The Bertz CT molecular complexity index is 1450. The van der Waals surface area contributed by atoms with Gasteiger partial charge in [0.2, 0.25) is 23.6 Å². The molecule has 4 amide bonds. The van der Waals surface area contributed by atoms with Crippen molar-refractivity contribution in [3.8, 4) is 5.75 Å². The van der Waals surface area contributed by atoms with Gasteiger partial charge in [-0.25, -0.2) is 4.79 Å². The van der Waals surface area contributed by atoms with Crippen molar-refractivity contribution in [3.63, 3.8) is 0 Å². The summed E-state index contributed by atoms with van der Waals surface area (Å²) in [5.74, 6) is -3.19. The van der Waals surface area contributed by atoms with E-state index in [1.165, 1.54) is 23.9 Å². The number of amides is 4. The van der Waals surface area contributed by atoms with Crippen molar-refractivity contribution in [2.45, 2.75) is 68.1 Å². The molecular weight excluding hydrogens is 690 g/mol. The highest BCUT2D eigenvalue weighted by Gasteiger charge is 2.43. The first-order chi connectivity index (χ1) is 24.3. The Kier molecular flexibility index (Phi) is 16.6. The van der Waals surface area contributed by atoms with Crippen molar-refractivity contribution in [1.29, 1.82) is 0 Å². The summed E-state index contributed by atoms with van der Waals surface area (Å²) in [5.41, 5.74) is 7.30. The molecule has 3 rings (SSSR count). The predicted molar refractivity (Wildman–Crippen MR) is 183 cm³/mol. The molecule has 0 saturated carbocycles. The molecule has 2 aromatic rings. The zero-order chi connectivity index (χ0) is 37.5. The molecule has 2 aromatic carbocycles. The van der Waals surface area contributed by atoms with Crippen LogP contribution in [-0.2, 0) is 46.3 Å². The number of ether oxygens (including phenoxy) is 2. The van der Waals surface area contributed by atoms with Gasteiger partial charge in [-0.05, 0) is 48.1 Å². The summed E-state index contributed by atoms with van der Waals surface area (Å²) in [4.78, 5) is 64.2. The summed E-state index contributed by atoms with van der Waals surface area (Å²) in [6.45, 7) is -1.62. The Hall–Kier alpha value is -4.30. The number of rotatable bonds is 18. The number of phenols is 1. The van der Waals surface area contributed by atoms with Gasteiger partial charge in [0, 0.05) is 6.42 Å². The molecule has 0 spiro atoms. The fourth-order valence-electron chi connectivity index (χ4n) is 4.91. The van der Waals surface area contributed by atoms with Crippen molar-refractivity contribution in [1.82, 2.24) is 21.3 Å². The zero-order valence-electron chi connectivity index (χ0n) is 27.8. The molecule has 1 saturated heterocycles. The fourth-order valence-corrected chi connectivity index (χ4v) is 5.38.